The Labute approximate surface area is 85.8 Å². The van der Waals surface area contributed by atoms with Crippen molar-refractivity contribution < 1.29 is 4.39 Å². The topological polar surface area (TPSA) is 38.0 Å². The predicted molar refractivity (Wildman–Crippen MR) is 52.2 cm³/mol. The van der Waals surface area contributed by atoms with E-state index in [0.29, 0.717) is 10.6 Å². The van der Waals surface area contributed by atoms with Crippen molar-refractivity contribution in [1.82, 2.24) is 5.43 Å². The normalized spacial score (nSPS) is 13.0. The fourth-order valence-electron chi connectivity index (χ4n) is 1.02. The van der Waals surface area contributed by atoms with E-state index in [1.54, 1.807) is 6.92 Å². The van der Waals surface area contributed by atoms with Crippen molar-refractivity contribution in [3.8, 4) is 0 Å². The molecule has 0 aliphatic carbocycles. The predicted octanol–water partition coefficient (Wildman–Crippen LogP) is 2.66. The fourth-order valence-corrected chi connectivity index (χ4v) is 1.72. The Morgan fingerprint density at radius 3 is 2.62 bits per heavy atom. The van der Waals surface area contributed by atoms with Gasteiger partial charge in [-0.15, -0.1) is 0 Å². The second-order valence-electron chi connectivity index (χ2n) is 2.65. The van der Waals surface area contributed by atoms with Crippen molar-refractivity contribution in [2.24, 2.45) is 5.84 Å². The number of hydrogen-bond acceptors (Lipinski definition) is 2. The van der Waals surface area contributed by atoms with Gasteiger partial charge in [-0.25, -0.2) is 4.39 Å². The van der Waals surface area contributed by atoms with Gasteiger partial charge < -0.3 is 0 Å². The smallest absolute Gasteiger partial charge is 0.142 e. The molecule has 5 heteroatoms. The molecule has 0 bridgehead atoms. The summed E-state index contributed by atoms with van der Waals surface area (Å²) in [7, 11) is 0. The average Bonchev–Trinajstić information content (AvgIpc) is 2.12. The molecule has 1 rings (SSSR count). The summed E-state index contributed by atoms with van der Waals surface area (Å²) < 4.78 is 13.0. The number of rotatable bonds is 2. The lowest BCUT2D eigenvalue weighted by Crippen LogP contribution is -2.26. The van der Waals surface area contributed by atoms with E-state index in [4.69, 9.17) is 29.0 Å². The highest BCUT2D eigenvalue weighted by Crippen LogP contribution is 2.31. The van der Waals surface area contributed by atoms with Crippen LogP contribution < -0.4 is 11.3 Å². The first-order valence-electron chi connectivity index (χ1n) is 3.67. The molecule has 13 heavy (non-hydrogen) atoms. The molecule has 1 aromatic rings. The molecule has 0 spiro atoms. The van der Waals surface area contributed by atoms with Gasteiger partial charge >= 0.3 is 0 Å². The second-order valence-corrected chi connectivity index (χ2v) is 3.43. The van der Waals surface area contributed by atoms with Crippen molar-refractivity contribution in [1.29, 1.82) is 0 Å². The lowest BCUT2D eigenvalue weighted by Gasteiger charge is -2.14. The van der Waals surface area contributed by atoms with E-state index in [9.17, 15) is 4.39 Å². The lowest BCUT2D eigenvalue weighted by atomic mass is 10.1. The minimum atomic E-state index is -0.497. The van der Waals surface area contributed by atoms with Crippen molar-refractivity contribution >= 4 is 23.2 Å². The number of benzene rings is 1. The molecule has 0 aromatic heterocycles. The SMILES string of the molecule is C[C@@H](NN)c1c(Cl)ccc(F)c1Cl. The Morgan fingerprint density at radius 1 is 1.46 bits per heavy atom. The summed E-state index contributed by atoms with van der Waals surface area (Å²) in [6.45, 7) is 1.74. The van der Waals surface area contributed by atoms with Crippen LogP contribution in [0.1, 0.15) is 18.5 Å². The highest BCUT2D eigenvalue weighted by atomic mass is 35.5. The van der Waals surface area contributed by atoms with E-state index in [2.05, 4.69) is 5.43 Å². The Balaban J connectivity index is 3.25. The van der Waals surface area contributed by atoms with Gasteiger partial charge in [-0.3, -0.25) is 11.3 Å². The Hall–Kier alpha value is -0.350. The maximum atomic E-state index is 13.0. The summed E-state index contributed by atoms with van der Waals surface area (Å²) in [5.41, 5.74) is 2.93. The zero-order valence-electron chi connectivity index (χ0n) is 6.94. The third-order valence-corrected chi connectivity index (χ3v) is 2.48. The number of nitrogens with one attached hydrogen (secondary N) is 1. The van der Waals surface area contributed by atoms with E-state index in [1.807, 2.05) is 0 Å². The monoisotopic (exact) mass is 222 g/mol. The molecule has 72 valence electrons. The van der Waals surface area contributed by atoms with Gasteiger partial charge in [-0.1, -0.05) is 23.2 Å². The summed E-state index contributed by atoms with van der Waals surface area (Å²) in [6.07, 6.45) is 0. The van der Waals surface area contributed by atoms with E-state index in [1.165, 1.54) is 12.1 Å². The molecule has 0 heterocycles. The summed E-state index contributed by atoms with van der Waals surface area (Å²) in [5, 5.41) is 0.412. The molecule has 3 N–H and O–H groups in total. The minimum Gasteiger partial charge on any atom is -0.271 e. The molecular formula is C8H9Cl2FN2. The van der Waals surface area contributed by atoms with Crippen molar-refractivity contribution in [2.75, 3.05) is 0 Å². The van der Waals surface area contributed by atoms with Crippen molar-refractivity contribution in [2.45, 2.75) is 13.0 Å². The summed E-state index contributed by atoms with van der Waals surface area (Å²) in [5.74, 6) is 4.71. The molecule has 0 aliphatic rings. The van der Waals surface area contributed by atoms with Crippen LogP contribution >= 0.6 is 23.2 Å². The van der Waals surface area contributed by atoms with Crippen LogP contribution in [0.15, 0.2) is 12.1 Å². The molecular weight excluding hydrogens is 214 g/mol. The first-order chi connectivity index (χ1) is 6.07. The summed E-state index contributed by atoms with van der Waals surface area (Å²) in [4.78, 5) is 0. The Morgan fingerprint density at radius 2 is 2.08 bits per heavy atom. The average molecular weight is 223 g/mol. The van der Waals surface area contributed by atoms with Gasteiger partial charge in [0, 0.05) is 16.6 Å². The third-order valence-electron chi connectivity index (χ3n) is 1.76. The van der Waals surface area contributed by atoms with Gasteiger partial charge in [-0.2, -0.15) is 0 Å². The van der Waals surface area contributed by atoms with Gasteiger partial charge in [0.1, 0.15) is 5.82 Å². The molecule has 0 saturated carbocycles. The van der Waals surface area contributed by atoms with E-state index >= 15 is 0 Å². The van der Waals surface area contributed by atoms with Crippen LogP contribution in [0, 0.1) is 5.82 Å². The molecule has 0 unspecified atom stereocenters. The first-order valence-corrected chi connectivity index (χ1v) is 4.43. The third kappa shape index (κ3) is 2.11. The van der Waals surface area contributed by atoms with Gasteiger partial charge in [0.05, 0.1) is 5.02 Å². The largest absolute Gasteiger partial charge is 0.271 e. The fraction of sp³-hybridized carbons (Fsp3) is 0.250. The van der Waals surface area contributed by atoms with Crippen LogP contribution in [0.4, 0.5) is 4.39 Å². The van der Waals surface area contributed by atoms with Crippen LogP contribution in [-0.2, 0) is 0 Å². The highest BCUT2D eigenvalue weighted by Gasteiger charge is 2.15. The highest BCUT2D eigenvalue weighted by molar-refractivity contribution is 6.36. The van der Waals surface area contributed by atoms with Crippen LogP contribution in [0.25, 0.3) is 0 Å². The molecule has 1 aromatic carbocycles. The quantitative estimate of drug-likeness (QED) is 0.459. The van der Waals surface area contributed by atoms with Crippen LogP contribution in [0.2, 0.25) is 10.0 Å². The van der Waals surface area contributed by atoms with E-state index in [-0.39, 0.29) is 11.1 Å². The molecule has 0 amide bonds. The zero-order chi connectivity index (χ0) is 10.0. The van der Waals surface area contributed by atoms with Gasteiger partial charge in [0.2, 0.25) is 0 Å². The summed E-state index contributed by atoms with van der Waals surface area (Å²) >= 11 is 11.5. The molecule has 1 atom stereocenters. The van der Waals surface area contributed by atoms with Crippen LogP contribution in [-0.4, -0.2) is 0 Å². The standard InChI is InChI=1S/C8H9Cl2FN2/c1-4(13-12)7-5(9)2-3-6(11)8(7)10/h2-4,13H,12H2,1H3/t4-/m1/s1. The van der Waals surface area contributed by atoms with Crippen LogP contribution in [0.3, 0.4) is 0 Å². The summed E-state index contributed by atoms with van der Waals surface area (Å²) in [6, 6.07) is 2.39. The van der Waals surface area contributed by atoms with Crippen molar-refractivity contribution in [3.05, 3.63) is 33.6 Å². The van der Waals surface area contributed by atoms with E-state index < -0.39 is 5.82 Å². The zero-order valence-corrected chi connectivity index (χ0v) is 8.46. The Kier molecular flexibility index (Phi) is 3.50. The molecule has 0 fully saturated rings. The number of nitrogens with two attached hydrogens (primary N) is 1. The molecule has 0 saturated heterocycles. The van der Waals surface area contributed by atoms with Crippen LogP contribution in [0.5, 0.6) is 0 Å². The molecule has 0 aliphatic heterocycles. The maximum absolute atomic E-state index is 13.0. The van der Waals surface area contributed by atoms with Gasteiger partial charge in [-0.05, 0) is 19.1 Å². The molecule has 2 nitrogen and oxygen atoms in total. The number of hydrazine groups is 1. The van der Waals surface area contributed by atoms with E-state index in [0.717, 1.165) is 0 Å². The first kappa shape index (κ1) is 10.7. The Bertz CT molecular complexity index is 317. The van der Waals surface area contributed by atoms with Gasteiger partial charge in [0.15, 0.2) is 0 Å². The minimum absolute atomic E-state index is 0.0120. The van der Waals surface area contributed by atoms with Crippen molar-refractivity contribution in [3.63, 3.8) is 0 Å². The lowest BCUT2D eigenvalue weighted by molar-refractivity contribution is 0.586. The number of hydrogen-bond donors (Lipinski definition) is 2. The number of halogens is 3. The van der Waals surface area contributed by atoms with Gasteiger partial charge in [0.25, 0.3) is 0 Å². The second kappa shape index (κ2) is 4.24. The maximum Gasteiger partial charge on any atom is 0.142 e. The molecule has 0 radical (unpaired) electrons.